The zero-order valence-electron chi connectivity index (χ0n) is 13.8. The second kappa shape index (κ2) is 6.68. The molecule has 0 spiro atoms. The molecule has 24 heavy (non-hydrogen) atoms. The van der Waals surface area contributed by atoms with Crippen LogP contribution in [-0.4, -0.2) is 52.9 Å². The molecule has 0 aliphatic carbocycles. The Morgan fingerprint density at radius 1 is 1.00 bits per heavy atom. The molecule has 6 nitrogen and oxygen atoms in total. The SMILES string of the molecule is COc1ccccc1N1CCN(c2ncccc2S(C)(=O)=O)CC1. The molecule has 0 radical (unpaired) electrons. The number of rotatable bonds is 4. The number of aromatic nitrogens is 1. The van der Waals surface area contributed by atoms with Crippen LogP contribution in [0, 0.1) is 0 Å². The van der Waals surface area contributed by atoms with Crippen molar-refractivity contribution in [1.82, 2.24) is 4.98 Å². The number of piperazine rings is 1. The van der Waals surface area contributed by atoms with Crippen molar-refractivity contribution in [3.63, 3.8) is 0 Å². The van der Waals surface area contributed by atoms with Crippen LogP contribution in [0.1, 0.15) is 0 Å². The van der Waals surface area contributed by atoms with E-state index in [4.69, 9.17) is 4.74 Å². The third-order valence-corrected chi connectivity index (χ3v) is 5.27. The lowest BCUT2D eigenvalue weighted by molar-refractivity contribution is 0.413. The number of pyridine rings is 1. The molecule has 1 saturated heterocycles. The minimum absolute atomic E-state index is 0.288. The highest BCUT2D eigenvalue weighted by atomic mass is 32.2. The maximum Gasteiger partial charge on any atom is 0.179 e. The smallest absolute Gasteiger partial charge is 0.179 e. The van der Waals surface area contributed by atoms with E-state index in [1.165, 1.54) is 6.26 Å². The number of methoxy groups -OCH3 is 1. The maximum absolute atomic E-state index is 12.0. The number of benzene rings is 1. The topological polar surface area (TPSA) is 62.7 Å². The number of para-hydroxylation sites is 2. The van der Waals surface area contributed by atoms with Crippen LogP contribution in [0.25, 0.3) is 0 Å². The van der Waals surface area contributed by atoms with Crippen molar-refractivity contribution < 1.29 is 13.2 Å². The molecule has 0 bridgehead atoms. The van der Waals surface area contributed by atoms with E-state index in [1.54, 1.807) is 25.4 Å². The van der Waals surface area contributed by atoms with Crippen molar-refractivity contribution in [2.24, 2.45) is 0 Å². The average molecular weight is 347 g/mol. The molecule has 2 heterocycles. The van der Waals surface area contributed by atoms with Crippen LogP contribution in [0.4, 0.5) is 11.5 Å². The van der Waals surface area contributed by atoms with Crippen molar-refractivity contribution in [1.29, 1.82) is 0 Å². The van der Waals surface area contributed by atoms with Gasteiger partial charge >= 0.3 is 0 Å². The monoisotopic (exact) mass is 347 g/mol. The summed E-state index contributed by atoms with van der Waals surface area (Å²) < 4.78 is 29.4. The Labute approximate surface area is 142 Å². The van der Waals surface area contributed by atoms with E-state index in [9.17, 15) is 8.42 Å². The summed E-state index contributed by atoms with van der Waals surface area (Å²) in [5, 5.41) is 0. The van der Waals surface area contributed by atoms with Crippen LogP contribution in [0.5, 0.6) is 5.75 Å². The van der Waals surface area contributed by atoms with E-state index in [2.05, 4.69) is 9.88 Å². The van der Waals surface area contributed by atoms with Crippen molar-refractivity contribution >= 4 is 21.3 Å². The summed E-state index contributed by atoms with van der Waals surface area (Å²) >= 11 is 0. The lowest BCUT2D eigenvalue weighted by Crippen LogP contribution is -2.47. The Hall–Kier alpha value is -2.28. The zero-order valence-corrected chi connectivity index (χ0v) is 14.7. The third-order valence-electron chi connectivity index (χ3n) is 4.16. The first kappa shape index (κ1) is 16.6. The molecule has 0 amide bonds. The molecule has 0 atom stereocenters. The summed E-state index contributed by atoms with van der Waals surface area (Å²) in [6, 6.07) is 11.2. The molecular weight excluding hydrogens is 326 g/mol. The molecule has 1 aliphatic rings. The lowest BCUT2D eigenvalue weighted by atomic mass is 10.2. The number of nitrogens with zero attached hydrogens (tertiary/aromatic N) is 3. The Kier molecular flexibility index (Phi) is 4.62. The van der Waals surface area contributed by atoms with Crippen LogP contribution in [0.2, 0.25) is 0 Å². The lowest BCUT2D eigenvalue weighted by Gasteiger charge is -2.37. The Morgan fingerprint density at radius 3 is 2.33 bits per heavy atom. The van der Waals surface area contributed by atoms with E-state index in [0.717, 1.165) is 24.5 Å². The second-order valence-electron chi connectivity index (χ2n) is 5.74. The van der Waals surface area contributed by atoms with Gasteiger partial charge < -0.3 is 14.5 Å². The largest absolute Gasteiger partial charge is 0.495 e. The van der Waals surface area contributed by atoms with Gasteiger partial charge in [0.1, 0.15) is 16.5 Å². The van der Waals surface area contributed by atoms with Crippen molar-refractivity contribution in [3.05, 3.63) is 42.6 Å². The number of ether oxygens (including phenoxy) is 1. The minimum atomic E-state index is -3.30. The van der Waals surface area contributed by atoms with Crippen LogP contribution >= 0.6 is 0 Å². The number of hydrogen-bond donors (Lipinski definition) is 0. The predicted molar refractivity (Wildman–Crippen MR) is 94.8 cm³/mol. The highest BCUT2D eigenvalue weighted by molar-refractivity contribution is 7.90. The fourth-order valence-corrected chi connectivity index (χ4v) is 3.80. The molecule has 3 rings (SSSR count). The highest BCUT2D eigenvalue weighted by Gasteiger charge is 2.24. The molecule has 1 fully saturated rings. The van der Waals surface area contributed by atoms with Gasteiger partial charge in [-0.1, -0.05) is 12.1 Å². The predicted octanol–water partition coefficient (Wildman–Crippen LogP) is 1.82. The van der Waals surface area contributed by atoms with Gasteiger partial charge in [0.2, 0.25) is 0 Å². The van der Waals surface area contributed by atoms with E-state index >= 15 is 0 Å². The quantitative estimate of drug-likeness (QED) is 0.841. The minimum Gasteiger partial charge on any atom is -0.495 e. The molecule has 2 aromatic rings. The molecule has 0 unspecified atom stereocenters. The van der Waals surface area contributed by atoms with Crippen LogP contribution in [-0.2, 0) is 9.84 Å². The van der Waals surface area contributed by atoms with Gasteiger partial charge in [-0.25, -0.2) is 13.4 Å². The van der Waals surface area contributed by atoms with Crippen molar-refractivity contribution in [2.75, 3.05) is 49.3 Å². The van der Waals surface area contributed by atoms with Gasteiger partial charge in [-0.2, -0.15) is 0 Å². The molecule has 1 aliphatic heterocycles. The van der Waals surface area contributed by atoms with Gasteiger partial charge in [-0.15, -0.1) is 0 Å². The first-order chi connectivity index (χ1) is 11.5. The summed E-state index contributed by atoms with van der Waals surface area (Å²) in [6.07, 6.45) is 2.86. The summed E-state index contributed by atoms with van der Waals surface area (Å²) in [7, 11) is -1.63. The Morgan fingerprint density at radius 2 is 1.67 bits per heavy atom. The van der Waals surface area contributed by atoms with Crippen LogP contribution in [0.15, 0.2) is 47.5 Å². The van der Waals surface area contributed by atoms with Gasteiger partial charge in [0.25, 0.3) is 0 Å². The fourth-order valence-electron chi connectivity index (χ4n) is 2.96. The van der Waals surface area contributed by atoms with Crippen LogP contribution < -0.4 is 14.5 Å². The molecule has 1 aromatic carbocycles. The Bertz CT molecular complexity index is 815. The summed E-state index contributed by atoms with van der Waals surface area (Å²) in [6.45, 7) is 2.97. The maximum atomic E-state index is 12.0. The van der Waals surface area contributed by atoms with Gasteiger partial charge in [0, 0.05) is 38.6 Å². The van der Waals surface area contributed by atoms with E-state index in [-0.39, 0.29) is 4.90 Å². The standard InChI is InChI=1S/C17H21N3O3S/c1-23-15-7-4-3-6-14(15)19-10-12-20(13-11-19)17-16(24(2,21)22)8-5-9-18-17/h3-9H,10-13H2,1-2H3. The van der Waals surface area contributed by atoms with Crippen molar-refractivity contribution in [2.45, 2.75) is 4.90 Å². The first-order valence-electron chi connectivity index (χ1n) is 7.78. The molecule has 0 saturated carbocycles. The summed E-state index contributed by atoms with van der Waals surface area (Å²) in [5.41, 5.74) is 1.06. The zero-order chi connectivity index (χ0) is 17.2. The second-order valence-corrected chi connectivity index (χ2v) is 7.73. The number of anilines is 2. The van der Waals surface area contributed by atoms with Gasteiger partial charge in [-0.3, -0.25) is 0 Å². The molecular formula is C17H21N3O3S. The average Bonchev–Trinajstić information content (AvgIpc) is 2.61. The summed E-state index contributed by atoms with van der Waals surface area (Å²) in [5.74, 6) is 1.39. The van der Waals surface area contributed by atoms with E-state index < -0.39 is 9.84 Å². The number of hydrogen-bond acceptors (Lipinski definition) is 6. The van der Waals surface area contributed by atoms with Crippen molar-refractivity contribution in [3.8, 4) is 5.75 Å². The molecule has 0 N–H and O–H groups in total. The van der Waals surface area contributed by atoms with Gasteiger partial charge in [0.15, 0.2) is 9.84 Å². The third kappa shape index (κ3) is 3.31. The number of sulfone groups is 1. The molecule has 128 valence electrons. The summed E-state index contributed by atoms with van der Waals surface area (Å²) in [4.78, 5) is 8.87. The Balaban J connectivity index is 1.79. The molecule has 1 aromatic heterocycles. The highest BCUT2D eigenvalue weighted by Crippen LogP contribution is 2.30. The van der Waals surface area contributed by atoms with Gasteiger partial charge in [0.05, 0.1) is 12.8 Å². The van der Waals surface area contributed by atoms with E-state index in [0.29, 0.717) is 18.9 Å². The fraction of sp³-hybridized carbons (Fsp3) is 0.353. The van der Waals surface area contributed by atoms with E-state index in [1.807, 2.05) is 29.2 Å². The molecule has 7 heteroatoms. The first-order valence-corrected chi connectivity index (χ1v) is 9.68. The normalized spacial score (nSPS) is 15.4. The van der Waals surface area contributed by atoms with Gasteiger partial charge in [-0.05, 0) is 24.3 Å². The van der Waals surface area contributed by atoms with Crippen LogP contribution in [0.3, 0.4) is 0 Å².